The highest BCUT2D eigenvalue weighted by atomic mass is 35.5. The van der Waals surface area contributed by atoms with Gasteiger partial charge < -0.3 is 10.1 Å². The Morgan fingerprint density at radius 1 is 1.57 bits per heavy atom. The minimum Gasteiger partial charge on any atom is -0.465 e. The maximum absolute atomic E-state index is 12.1. The van der Waals surface area contributed by atoms with E-state index in [-0.39, 0.29) is 5.97 Å². The van der Waals surface area contributed by atoms with Crippen molar-refractivity contribution in [3.63, 3.8) is 0 Å². The zero-order chi connectivity index (χ0) is 15.7. The van der Waals surface area contributed by atoms with Gasteiger partial charge in [0.2, 0.25) is 0 Å². The van der Waals surface area contributed by atoms with Crippen LogP contribution in [0.4, 0.5) is 0 Å². The molecule has 0 amide bonds. The number of aryl methyl sites for hydroxylation is 1. The molecule has 0 spiro atoms. The first-order valence-electron chi connectivity index (χ1n) is 6.77. The molecule has 1 N–H and O–H groups in total. The van der Waals surface area contributed by atoms with Gasteiger partial charge in [0.1, 0.15) is 6.04 Å². The van der Waals surface area contributed by atoms with Crippen molar-refractivity contribution in [1.82, 2.24) is 5.32 Å². The molecule has 1 unspecified atom stereocenters. The molecule has 21 heavy (non-hydrogen) atoms. The number of nitrogens with one attached hydrogen (secondary N) is 1. The number of ether oxygens (including phenoxy) is 1. The number of hydrogen-bond donors (Lipinski definition) is 1. The average molecular weight is 311 g/mol. The second kappa shape index (κ2) is 9.23. The standard InChI is InChI=1S/C14H19ClN4O2/c1-3-21-14(20)13(17-7-4-8-18-19-16)11-6-5-10(2)12(15)9-11/h5-6,9,13,17H,3-4,7-8H2,1-2H3. The van der Waals surface area contributed by atoms with Gasteiger partial charge in [-0.25, -0.2) is 4.79 Å². The van der Waals surface area contributed by atoms with E-state index in [1.807, 2.05) is 19.1 Å². The van der Waals surface area contributed by atoms with E-state index in [9.17, 15) is 4.79 Å². The monoisotopic (exact) mass is 310 g/mol. The average Bonchev–Trinajstić information content (AvgIpc) is 2.46. The van der Waals surface area contributed by atoms with Gasteiger partial charge in [-0.3, -0.25) is 0 Å². The van der Waals surface area contributed by atoms with E-state index in [1.165, 1.54) is 0 Å². The van der Waals surface area contributed by atoms with Crippen molar-refractivity contribution in [3.8, 4) is 0 Å². The van der Waals surface area contributed by atoms with Crippen LogP contribution in [0, 0.1) is 6.92 Å². The maximum atomic E-state index is 12.1. The number of halogens is 1. The molecule has 0 saturated carbocycles. The first kappa shape index (κ1) is 17.3. The highest BCUT2D eigenvalue weighted by molar-refractivity contribution is 6.31. The van der Waals surface area contributed by atoms with Crippen LogP contribution in [0.5, 0.6) is 0 Å². The molecule has 0 heterocycles. The summed E-state index contributed by atoms with van der Waals surface area (Å²) in [7, 11) is 0. The summed E-state index contributed by atoms with van der Waals surface area (Å²) in [5, 5.41) is 7.17. The van der Waals surface area contributed by atoms with Crippen molar-refractivity contribution in [2.75, 3.05) is 19.7 Å². The second-order valence-corrected chi connectivity index (χ2v) is 4.86. The van der Waals surface area contributed by atoms with Gasteiger partial charge in [0, 0.05) is 16.5 Å². The summed E-state index contributed by atoms with van der Waals surface area (Å²) in [4.78, 5) is 14.7. The van der Waals surface area contributed by atoms with Crippen molar-refractivity contribution in [2.24, 2.45) is 5.11 Å². The third kappa shape index (κ3) is 5.63. The molecule has 114 valence electrons. The highest BCUT2D eigenvalue weighted by Gasteiger charge is 2.21. The number of carbonyl (C=O) groups is 1. The molecule has 0 fully saturated rings. The van der Waals surface area contributed by atoms with Gasteiger partial charge in [0.05, 0.1) is 6.61 Å². The van der Waals surface area contributed by atoms with E-state index in [4.69, 9.17) is 21.9 Å². The molecule has 1 rings (SSSR count). The Labute approximate surface area is 129 Å². The Hall–Kier alpha value is -1.75. The van der Waals surface area contributed by atoms with Crippen molar-refractivity contribution < 1.29 is 9.53 Å². The lowest BCUT2D eigenvalue weighted by atomic mass is 10.0. The Morgan fingerprint density at radius 3 is 2.95 bits per heavy atom. The fourth-order valence-electron chi connectivity index (χ4n) is 1.79. The zero-order valence-electron chi connectivity index (χ0n) is 12.2. The summed E-state index contributed by atoms with van der Waals surface area (Å²) in [6.07, 6.45) is 0.638. The number of carbonyl (C=O) groups excluding carboxylic acids is 1. The van der Waals surface area contributed by atoms with Crippen LogP contribution < -0.4 is 5.32 Å². The molecule has 0 aliphatic carbocycles. The molecule has 0 aliphatic rings. The quantitative estimate of drug-likeness (QED) is 0.262. The lowest BCUT2D eigenvalue weighted by Gasteiger charge is -2.18. The largest absolute Gasteiger partial charge is 0.465 e. The van der Waals surface area contributed by atoms with E-state index in [2.05, 4.69) is 15.3 Å². The topological polar surface area (TPSA) is 87.1 Å². The summed E-state index contributed by atoms with van der Waals surface area (Å²) in [6.45, 7) is 4.90. The van der Waals surface area contributed by atoms with Gasteiger partial charge in [-0.1, -0.05) is 28.8 Å². The first-order chi connectivity index (χ1) is 10.1. The Kier molecular flexibility index (Phi) is 7.61. The number of nitrogens with zero attached hydrogens (tertiary/aromatic N) is 3. The molecule has 0 aromatic heterocycles. The van der Waals surface area contributed by atoms with Crippen LogP contribution >= 0.6 is 11.6 Å². The molecule has 0 radical (unpaired) electrons. The van der Waals surface area contributed by atoms with Gasteiger partial charge in [0.15, 0.2) is 0 Å². The number of rotatable bonds is 8. The summed E-state index contributed by atoms with van der Waals surface area (Å²) in [6, 6.07) is 4.90. The fraction of sp³-hybridized carbons (Fsp3) is 0.500. The number of benzene rings is 1. The maximum Gasteiger partial charge on any atom is 0.327 e. The Morgan fingerprint density at radius 2 is 2.33 bits per heavy atom. The van der Waals surface area contributed by atoms with Crippen molar-refractivity contribution >= 4 is 17.6 Å². The smallest absolute Gasteiger partial charge is 0.327 e. The minimum atomic E-state index is -0.575. The second-order valence-electron chi connectivity index (χ2n) is 4.46. The molecule has 0 aliphatic heterocycles. The van der Waals surface area contributed by atoms with Gasteiger partial charge in [-0.15, -0.1) is 0 Å². The number of azide groups is 1. The van der Waals surface area contributed by atoms with E-state index in [0.717, 1.165) is 11.1 Å². The highest BCUT2D eigenvalue weighted by Crippen LogP contribution is 2.22. The van der Waals surface area contributed by atoms with Crippen LogP contribution in [-0.4, -0.2) is 25.7 Å². The van der Waals surface area contributed by atoms with Crippen molar-refractivity contribution in [2.45, 2.75) is 26.3 Å². The van der Waals surface area contributed by atoms with Crippen LogP contribution in [-0.2, 0) is 9.53 Å². The fourth-order valence-corrected chi connectivity index (χ4v) is 1.98. The summed E-state index contributed by atoms with van der Waals surface area (Å²) < 4.78 is 5.08. The molecular formula is C14H19ClN4O2. The molecule has 0 saturated heterocycles. The normalized spacial score (nSPS) is 11.6. The lowest BCUT2D eigenvalue weighted by Crippen LogP contribution is -2.31. The molecule has 1 aromatic carbocycles. The van der Waals surface area contributed by atoms with Crippen LogP contribution in [0.1, 0.15) is 30.5 Å². The minimum absolute atomic E-state index is 0.315. The van der Waals surface area contributed by atoms with Crippen molar-refractivity contribution in [3.05, 3.63) is 44.8 Å². The summed E-state index contributed by atoms with van der Waals surface area (Å²) >= 11 is 6.11. The molecular weight excluding hydrogens is 292 g/mol. The van der Waals surface area contributed by atoms with Crippen LogP contribution in [0.2, 0.25) is 5.02 Å². The van der Waals surface area contributed by atoms with E-state index < -0.39 is 6.04 Å². The third-order valence-electron chi connectivity index (χ3n) is 2.90. The number of esters is 1. The number of hydrogen-bond acceptors (Lipinski definition) is 4. The molecule has 1 atom stereocenters. The van der Waals surface area contributed by atoms with Gasteiger partial charge in [-0.2, -0.15) is 0 Å². The molecule has 7 heteroatoms. The van der Waals surface area contributed by atoms with E-state index in [0.29, 0.717) is 31.1 Å². The van der Waals surface area contributed by atoms with Gasteiger partial charge in [0.25, 0.3) is 0 Å². The van der Waals surface area contributed by atoms with Gasteiger partial charge in [-0.05, 0) is 49.5 Å². The summed E-state index contributed by atoms with van der Waals surface area (Å²) in [5.41, 5.74) is 9.92. The molecule has 0 bridgehead atoms. The van der Waals surface area contributed by atoms with E-state index >= 15 is 0 Å². The van der Waals surface area contributed by atoms with Crippen LogP contribution in [0.15, 0.2) is 23.3 Å². The predicted octanol–water partition coefficient (Wildman–Crippen LogP) is 3.54. The SMILES string of the molecule is CCOC(=O)C(NCCCN=[N+]=[N-])c1ccc(C)c(Cl)c1. The Bertz CT molecular complexity index is 530. The zero-order valence-corrected chi connectivity index (χ0v) is 12.9. The van der Waals surface area contributed by atoms with E-state index in [1.54, 1.807) is 13.0 Å². The molecule has 1 aromatic rings. The van der Waals surface area contributed by atoms with Crippen LogP contribution in [0.25, 0.3) is 10.4 Å². The lowest BCUT2D eigenvalue weighted by molar-refractivity contribution is -0.145. The molecule has 6 nitrogen and oxygen atoms in total. The predicted molar refractivity (Wildman–Crippen MR) is 82.2 cm³/mol. The van der Waals surface area contributed by atoms with Crippen molar-refractivity contribution in [1.29, 1.82) is 0 Å². The Balaban J connectivity index is 2.78. The summed E-state index contributed by atoms with van der Waals surface area (Å²) in [5.74, 6) is -0.346. The first-order valence-corrected chi connectivity index (χ1v) is 7.14. The van der Waals surface area contributed by atoms with Gasteiger partial charge >= 0.3 is 5.97 Å². The third-order valence-corrected chi connectivity index (χ3v) is 3.31. The van der Waals surface area contributed by atoms with Crippen LogP contribution in [0.3, 0.4) is 0 Å².